The molecule has 0 unspecified atom stereocenters. The Morgan fingerprint density at radius 3 is 2.88 bits per heavy atom. The first-order valence-electron chi connectivity index (χ1n) is 8.32. The zero-order valence-corrected chi connectivity index (χ0v) is 13.8. The topological polar surface area (TPSA) is 75.0 Å². The van der Waals surface area contributed by atoms with Gasteiger partial charge in [-0.15, -0.1) is 0 Å². The molecule has 1 atom stereocenters. The van der Waals surface area contributed by atoms with Crippen LogP contribution in [0.3, 0.4) is 0 Å². The molecule has 1 aliphatic heterocycles. The lowest BCUT2D eigenvalue weighted by Gasteiger charge is -2.33. The standard InChI is InChI=1S/C18H17N7/c1-12-4-2-8-25-15(12)10-14(23-25)17-16-13(21-11-22-16)5-9-24(17)18-19-6-3-7-20-18/h2-4,6-8,10-11,17H,5,9H2,1H3,(H,21,22)/t17-/m1/s1. The molecule has 4 aromatic rings. The molecule has 0 radical (unpaired) electrons. The maximum absolute atomic E-state index is 4.82. The van der Waals surface area contributed by atoms with Gasteiger partial charge in [0.1, 0.15) is 6.04 Å². The fourth-order valence-electron chi connectivity index (χ4n) is 3.54. The third kappa shape index (κ3) is 2.20. The summed E-state index contributed by atoms with van der Waals surface area (Å²) < 4.78 is 1.93. The smallest absolute Gasteiger partial charge is 0.226 e. The molecule has 0 aromatic carbocycles. The van der Waals surface area contributed by atoms with Gasteiger partial charge in [0.25, 0.3) is 0 Å². The van der Waals surface area contributed by atoms with Crippen molar-refractivity contribution >= 4 is 11.5 Å². The van der Waals surface area contributed by atoms with Crippen molar-refractivity contribution < 1.29 is 0 Å². The summed E-state index contributed by atoms with van der Waals surface area (Å²) >= 11 is 0. The molecule has 7 heteroatoms. The minimum Gasteiger partial charge on any atom is -0.348 e. The summed E-state index contributed by atoms with van der Waals surface area (Å²) in [6, 6.07) is 7.98. The first-order valence-corrected chi connectivity index (χ1v) is 8.32. The predicted octanol–water partition coefficient (Wildman–Crippen LogP) is 2.31. The first kappa shape index (κ1) is 14.2. The van der Waals surface area contributed by atoms with E-state index < -0.39 is 0 Å². The van der Waals surface area contributed by atoms with E-state index in [9.17, 15) is 0 Å². The van der Waals surface area contributed by atoms with Crippen LogP contribution in [0.4, 0.5) is 5.95 Å². The highest BCUT2D eigenvalue weighted by molar-refractivity contribution is 5.57. The van der Waals surface area contributed by atoms with Crippen molar-refractivity contribution in [3.8, 4) is 0 Å². The summed E-state index contributed by atoms with van der Waals surface area (Å²) in [6.07, 6.45) is 8.16. The summed E-state index contributed by atoms with van der Waals surface area (Å²) in [6.45, 7) is 2.91. The van der Waals surface area contributed by atoms with Crippen molar-refractivity contribution in [2.75, 3.05) is 11.4 Å². The summed E-state index contributed by atoms with van der Waals surface area (Å²) in [5, 5.41) is 4.82. The number of hydrogen-bond acceptors (Lipinski definition) is 5. The van der Waals surface area contributed by atoms with Gasteiger partial charge in [-0.2, -0.15) is 5.10 Å². The average molecular weight is 331 g/mol. The van der Waals surface area contributed by atoms with Crippen LogP contribution in [0.2, 0.25) is 0 Å². The van der Waals surface area contributed by atoms with Gasteiger partial charge in [0.2, 0.25) is 5.95 Å². The Morgan fingerprint density at radius 1 is 1.16 bits per heavy atom. The minimum absolute atomic E-state index is 0.100. The molecule has 0 saturated carbocycles. The maximum Gasteiger partial charge on any atom is 0.226 e. The van der Waals surface area contributed by atoms with Gasteiger partial charge in [0, 0.05) is 37.3 Å². The molecule has 5 heterocycles. The molecular weight excluding hydrogens is 314 g/mol. The van der Waals surface area contributed by atoms with Crippen LogP contribution in [0.5, 0.6) is 0 Å². The van der Waals surface area contributed by atoms with Crippen LogP contribution in [0.15, 0.2) is 49.2 Å². The van der Waals surface area contributed by atoms with Crippen LogP contribution in [0, 0.1) is 6.92 Å². The highest BCUT2D eigenvalue weighted by Crippen LogP contribution is 2.35. The highest BCUT2D eigenvalue weighted by Gasteiger charge is 2.34. The number of anilines is 1. The van der Waals surface area contributed by atoms with E-state index in [1.54, 1.807) is 18.7 Å². The third-order valence-electron chi connectivity index (χ3n) is 4.75. The van der Waals surface area contributed by atoms with Crippen molar-refractivity contribution in [3.63, 3.8) is 0 Å². The number of pyridine rings is 1. The molecule has 124 valence electrons. The molecule has 0 aliphatic carbocycles. The minimum atomic E-state index is -0.100. The van der Waals surface area contributed by atoms with Crippen LogP contribution in [-0.2, 0) is 6.42 Å². The number of aromatic amines is 1. The average Bonchev–Trinajstić information content (AvgIpc) is 3.29. The van der Waals surface area contributed by atoms with Crippen molar-refractivity contribution in [2.45, 2.75) is 19.4 Å². The Hall–Kier alpha value is -3.22. The van der Waals surface area contributed by atoms with E-state index in [0.29, 0.717) is 5.95 Å². The molecule has 4 aromatic heterocycles. The zero-order valence-electron chi connectivity index (χ0n) is 13.8. The number of hydrogen-bond donors (Lipinski definition) is 1. The van der Waals surface area contributed by atoms with Gasteiger partial charge in [0.15, 0.2) is 0 Å². The Morgan fingerprint density at radius 2 is 2.04 bits per heavy atom. The lowest BCUT2D eigenvalue weighted by atomic mass is 10.00. The number of fused-ring (bicyclic) bond motifs is 2. The molecule has 0 spiro atoms. The van der Waals surface area contributed by atoms with Crippen molar-refractivity contribution in [2.24, 2.45) is 0 Å². The molecule has 0 bridgehead atoms. The third-order valence-corrected chi connectivity index (χ3v) is 4.75. The van der Waals surface area contributed by atoms with E-state index >= 15 is 0 Å². The zero-order chi connectivity index (χ0) is 16.8. The fraction of sp³-hybridized carbons (Fsp3) is 0.222. The van der Waals surface area contributed by atoms with E-state index in [1.807, 2.05) is 22.8 Å². The van der Waals surface area contributed by atoms with Crippen molar-refractivity contribution in [3.05, 3.63) is 71.8 Å². The van der Waals surface area contributed by atoms with E-state index in [2.05, 4.69) is 43.9 Å². The van der Waals surface area contributed by atoms with Crippen molar-refractivity contribution in [1.29, 1.82) is 0 Å². The molecule has 1 aliphatic rings. The maximum atomic E-state index is 4.82. The number of H-pyrrole nitrogens is 1. The van der Waals surface area contributed by atoms with Gasteiger partial charge < -0.3 is 9.88 Å². The van der Waals surface area contributed by atoms with Gasteiger partial charge in [-0.3, -0.25) is 0 Å². The van der Waals surface area contributed by atoms with Crippen LogP contribution in [0.1, 0.15) is 28.7 Å². The number of imidazole rings is 1. The molecule has 0 saturated heterocycles. The number of nitrogens with zero attached hydrogens (tertiary/aromatic N) is 6. The fourth-order valence-corrected chi connectivity index (χ4v) is 3.54. The lowest BCUT2D eigenvalue weighted by Crippen LogP contribution is -2.37. The van der Waals surface area contributed by atoms with Gasteiger partial charge in [-0.25, -0.2) is 19.5 Å². The molecule has 0 fully saturated rings. The van der Waals surface area contributed by atoms with Crippen LogP contribution in [0.25, 0.3) is 5.52 Å². The van der Waals surface area contributed by atoms with Gasteiger partial charge >= 0.3 is 0 Å². The Balaban J connectivity index is 1.70. The SMILES string of the molecule is Cc1cccn2nc([C@@H]3c4nc[nH]c4CCN3c3ncccn3)cc12. The second-order valence-corrected chi connectivity index (χ2v) is 6.25. The second kappa shape index (κ2) is 5.41. The highest BCUT2D eigenvalue weighted by atomic mass is 15.3. The summed E-state index contributed by atoms with van der Waals surface area (Å²) in [5.41, 5.74) is 5.41. The molecule has 0 amide bonds. The number of aryl methyl sites for hydroxylation is 1. The summed E-state index contributed by atoms with van der Waals surface area (Å²) in [7, 11) is 0. The normalized spacial score (nSPS) is 17.0. The molecule has 7 nitrogen and oxygen atoms in total. The molecule has 5 rings (SSSR count). The summed E-state index contributed by atoms with van der Waals surface area (Å²) in [4.78, 5) is 18.9. The van der Waals surface area contributed by atoms with Crippen molar-refractivity contribution in [1.82, 2.24) is 29.5 Å². The monoisotopic (exact) mass is 331 g/mol. The van der Waals surface area contributed by atoms with E-state index in [-0.39, 0.29) is 6.04 Å². The number of nitrogens with one attached hydrogen (secondary N) is 1. The van der Waals surface area contributed by atoms with Gasteiger partial charge in [-0.1, -0.05) is 6.07 Å². The van der Waals surface area contributed by atoms with E-state index in [1.165, 1.54) is 5.56 Å². The Kier molecular flexibility index (Phi) is 3.06. The Bertz CT molecular complexity index is 1030. The Labute approximate surface area is 144 Å². The lowest BCUT2D eigenvalue weighted by molar-refractivity contribution is 0.602. The summed E-state index contributed by atoms with van der Waals surface area (Å²) in [5.74, 6) is 0.704. The van der Waals surface area contributed by atoms with Gasteiger partial charge in [0.05, 0.1) is 23.2 Å². The molecule has 25 heavy (non-hydrogen) atoms. The van der Waals surface area contributed by atoms with Crippen LogP contribution >= 0.6 is 0 Å². The number of rotatable bonds is 2. The van der Waals surface area contributed by atoms with E-state index in [4.69, 9.17) is 5.10 Å². The molecule has 1 N–H and O–H groups in total. The van der Waals surface area contributed by atoms with Crippen LogP contribution in [-0.4, -0.2) is 36.1 Å². The van der Waals surface area contributed by atoms with Gasteiger partial charge in [-0.05, 0) is 30.7 Å². The molecular formula is C18H17N7. The van der Waals surface area contributed by atoms with E-state index in [0.717, 1.165) is 35.6 Å². The number of aromatic nitrogens is 6. The van der Waals surface area contributed by atoms with Crippen LogP contribution < -0.4 is 4.90 Å². The second-order valence-electron chi connectivity index (χ2n) is 6.25. The predicted molar refractivity (Wildman–Crippen MR) is 93.4 cm³/mol. The first-order chi connectivity index (χ1) is 12.3. The quantitative estimate of drug-likeness (QED) is 0.610. The largest absolute Gasteiger partial charge is 0.348 e.